The molecule has 68 valence electrons. The van der Waals surface area contributed by atoms with Gasteiger partial charge in [0.25, 0.3) is 0 Å². The Labute approximate surface area is 72.0 Å². The topological polar surface area (TPSA) is 55.8 Å². The Hall–Kier alpha value is -0.545. The average molecular weight is 172 g/mol. The number of hydrogen-bond acceptors (Lipinski definition) is 3. The summed E-state index contributed by atoms with van der Waals surface area (Å²) in [7, 11) is -1.13. The smallest absolute Gasteiger partial charge is 0.484 e. The standard InChI is InChI=1S/C7H13BO4/c1-6(2)7(3,4)12-8(11-6)5(9)10/h1-4H3,(H,9,10). The fourth-order valence-corrected chi connectivity index (χ4v) is 0.944. The largest absolute Gasteiger partial charge is 0.585 e. The van der Waals surface area contributed by atoms with Crippen molar-refractivity contribution in [3.05, 3.63) is 0 Å². The molecule has 12 heavy (non-hydrogen) atoms. The third-order valence-corrected chi connectivity index (χ3v) is 2.45. The minimum absolute atomic E-state index is 0.559. The quantitative estimate of drug-likeness (QED) is 0.606. The van der Waals surface area contributed by atoms with E-state index in [1.54, 1.807) is 0 Å². The van der Waals surface area contributed by atoms with Crippen LogP contribution >= 0.6 is 0 Å². The summed E-state index contributed by atoms with van der Waals surface area (Å²) >= 11 is 0. The highest BCUT2D eigenvalue weighted by molar-refractivity contribution is 6.79. The van der Waals surface area contributed by atoms with Crippen LogP contribution in [0.3, 0.4) is 0 Å². The summed E-state index contributed by atoms with van der Waals surface area (Å²) in [6.07, 6.45) is 0. The molecule has 0 aromatic rings. The van der Waals surface area contributed by atoms with Gasteiger partial charge in [-0.05, 0) is 27.7 Å². The number of carbonyl (C=O) groups is 1. The van der Waals surface area contributed by atoms with Crippen LogP contribution in [-0.4, -0.2) is 29.3 Å². The van der Waals surface area contributed by atoms with Crippen molar-refractivity contribution in [2.75, 3.05) is 0 Å². The molecule has 0 unspecified atom stereocenters. The molecule has 0 aromatic heterocycles. The fourth-order valence-electron chi connectivity index (χ4n) is 0.944. The van der Waals surface area contributed by atoms with E-state index in [-0.39, 0.29) is 0 Å². The molecule has 0 amide bonds. The van der Waals surface area contributed by atoms with Crippen LogP contribution in [0, 0.1) is 0 Å². The van der Waals surface area contributed by atoms with Crippen molar-refractivity contribution in [2.24, 2.45) is 0 Å². The van der Waals surface area contributed by atoms with Crippen LogP contribution in [0.1, 0.15) is 27.7 Å². The second-order valence-electron chi connectivity index (χ2n) is 3.93. The van der Waals surface area contributed by atoms with E-state index < -0.39 is 24.2 Å². The maximum absolute atomic E-state index is 10.5. The van der Waals surface area contributed by atoms with Crippen LogP contribution in [0.2, 0.25) is 0 Å². The van der Waals surface area contributed by atoms with Gasteiger partial charge in [-0.25, -0.2) is 0 Å². The average Bonchev–Trinajstić information content (AvgIpc) is 2.03. The molecule has 1 aliphatic heterocycles. The molecular weight excluding hydrogens is 159 g/mol. The van der Waals surface area contributed by atoms with Crippen LogP contribution in [0.4, 0.5) is 4.79 Å². The van der Waals surface area contributed by atoms with Gasteiger partial charge in [-0.15, -0.1) is 0 Å². The highest BCUT2D eigenvalue weighted by Gasteiger charge is 2.54. The van der Waals surface area contributed by atoms with Crippen LogP contribution in [0.15, 0.2) is 0 Å². The maximum atomic E-state index is 10.5. The number of rotatable bonds is 1. The molecule has 4 nitrogen and oxygen atoms in total. The number of hydrogen-bond donors (Lipinski definition) is 1. The second kappa shape index (κ2) is 2.47. The van der Waals surface area contributed by atoms with E-state index in [1.165, 1.54) is 0 Å². The maximum Gasteiger partial charge on any atom is 0.585 e. The Kier molecular flexibility index (Phi) is 1.96. The van der Waals surface area contributed by atoms with Gasteiger partial charge in [-0.3, -0.25) is 4.79 Å². The van der Waals surface area contributed by atoms with Crippen molar-refractivity contribution in [2.45, 2.75) is 38.9 Å². The van der Waals surface area contributed by atoms with Crippen molar-refractivity contribution in [3.8, 4) is 0 Å². The van der Waals surface area contributed by atoms with Crippen molar-refractivity contribution >= 4 is 13.0 Å². The Morgan fingerprint density at radius 1 is 1.17 bits per heavy atom. The number of carboxylic acid groups (broad SMARTS) is 1. The van der Waals surface area contributed by atoms with Gasteiger partial charge in [-0.1, -0.05) is 0 Å². The minimum atomic E-state index is -1.13. The van der Waals surface area contributed by atoms with Gasteiger partial charge < -0.3 is 14.4 Å². The lowest BCUT2D eigenvalue weighted by atomic mass is 9.90. The minimum Gasteiger partial charge on any atom is -0.484 e. The van der Waals surface area contributed by atoms with E-state index in [1.807, 2.05) is 27.7 Å². The van der Waals surface area contributed by atoms with E-state index in [0.29, 0.717) is 0 Å². The molecule has 5 heteroatoms. The zero-order chi connectivity index (χ0) is 9.57. The first-order valence-corrected chi connectivity index (χ1v) is 3.85. The van der Waals surface area contributed by atoms with Gasteiger partial charge in [0.1, 0.15) is 0 Å². The van der Waals surface area contributed by atoms with Crippen LogP contribution in [0.25, 0.3) is 0 Å². The summed E-state index contributed by atoms with van der Waals surface area (Å²) in [5.74, 6) is -1.08. The van der Waals surface area contributed by atoms with Crippen LogP contribution in [-0.2, 0) is 9.31 Å². The lowest BCUT2D eigenvalue weighted by molar-refractivity contribution is 0.00578. The second-order valence-corrected chi connectivity index (χ2v) is 3.93. The first kappa shape index (κ1) is 9.54. The zero-order valence-corrected chi connectivity index (χ0v) is 7.75. The molecule has 1 saturated heterocycles. The first-order valence-electron chi connectivity index (χ1n) is 3.85. The predicted molar refractivity (Wildman–Crippen MR) is 44.1 cm³/mol. The Morgan fingerprint density at radius 3 is 1.67 bits per heavy atom. The van der Waals surface area contributed by atoms with E-state index >= 15 is 0 Å². The molecule has 1 rings (SSSR count). The first-order chi connectivity index (χ1) is 5.26. The molecule has 0 atom stereocenters. The highest BCUT2D eigenvalue weighted by atomic mass is 16.7. The summed E-state index contributed by atoms with van der Waals surface area (Å²) in [6, 6.07) is 0. The SMILES string of the molecule is CC1(C)OB(C(=O)O)OC1(C)C. The van der Waals surface area contributed by atoms with E-state index in [2.05, 4.69) is 0 Å². The lowest BCUT2D eigenvalue weighted by Crippen LogP contribution is -2.41. The molecule has 0 saturated carbocycles. The molecule has 0 spiro atoms. The normalized spacial score (nSPS) is 25.8. The van der Waals surface area contributed by atoms with E-state index in [0.717, 1.165) is 0 Å². The molecule has 1 fully saturated rings. The predicted octanol–water partition coefficient (Wildman–Crippen LogP) is 1.34. The van der Waals surface area contributed by atoms with Gasteiger partial charge >= 0.3 is 13.0 Å². The van der Waals surface area contributed by atoms with Crippen LogP contribution in [0.5, 0.6) is 0 Å². The lowest BCUT2D eigenvalue weighted by Gasteiger charge is -2.32. The van der Waals surface area contributed by atoms with Gasteiger partial charge in [0.15, 0.2) is 0 Å². The molecular formula is C7H13BO4. The third-order valence-electron chi connectivity index (χ3n) is 2.45. The summed E-state index contributed by atoms with van der Waals surface area (Å²) < 4.78 is 10.4. The molecule has 1 heterocycles. The van der Waals surface area contributed by atoms with E-state index in [9.17, 15) is 4.79 Å². The van der Waals surface area contributed by atoms with Crippen molar-refractivity contribution < 1.29 is 19.2 Å². The Morgan fingerprint density at radius 2 is 1.50 bits per heavy atom. The molecule has 0 radical (unpaired) electrons. The fraction of sp³-hybridized carbons (Fsp3) is 0.857. The summed E-state index contributed by atoms with van der Waals surface area (Å²) in [5.41, 5.74) is -1.12. The third kappa shape index (κ3) is 1.34. The van der Waals surface area contributed by atoms with Gasteiger partial charge in [0.05, 0.1) is 11.2 Å². The van der Waals surface area contributed by atoms with Crippen molar-refractivity contribution in [1.82, 2.24) is 0 Å². The van der Waals surface area contributed by atoms with E-state index in [4.69, 9.17) is 14.4 Å². The summed E-state index contributed by atoms with van der Waals surface area (Å²) in [5, 5.41) is 8.63. The van der Waals surface area contributed by atoms with Crippen LogP contribution < -0.4 is 0 Å². The molecule has 0 aliphatic carbocycles. The summed E-state index contributed by atoms with van der Waals surface area (Å²) in [4.78, 5) is 10.5. The Balaban J connectivity index is 2.81. The molecule has 1 aliphatic rings. The Bertz CT molecular complexity index is 195. The van der Waals surface area contributed by atoms with Crippen molar-refractivity contribution in [3.63, 3.8) is 0 Å². The highest BCUT2D eigenvalue weighted by Crippen LogP contribution is 2.36. The molecule has 1 N–H and O–H groups in total. The van der Waals surface area contributed by atoms with Gasteiger partial charge in [0, 0.05) is 0 Å². The zero-order valence-electron chi connectivity index (χ0n) is 7.75. The van der Waals surface area contributed by atoms with Gasteiger partial charge in [0.2, 0.25) is 0 Å². The molecule has 0 aromatic carbocycles. The van der Waals surface area contributed by atoms with Gasteiger partial charge in [-0.2, -0.15) is 0 Å². The molecule has 0 bridgehead atoms. The monoisotopic (exact) mass is 172 g/mol. The summed E-state index contributed by atoms with van der Waals surface area (Å²) in [6.45, 7) is 7.26. The van der Waals surface area contributed by atoms with Crippen molar-refractivity contribution in [1.29, 1.82) is 0 Å².